The van der Waals surface area contributed by atoms with Crippen LogP contribution < -0.4 is 16.0 Å². The first-order chi connectivity index (χ1) is 18.9. The van der Waals surface area contributed by atoms with Crippen molar-refractivity contribution in [3.8, 4) is 0 Å². The molecule has 0 radical (unpaired) electrons. The number of hydrogen-bond donors (Lipinski definition) is 3. The van der Waals surface area contributed by atoms with Gasteiger partial charge >= 0.3 is 12.2 Å². The van der Waals surface area contributed by atoms with Crippen molar-refractivity contribution in [2.75, 3.05) is 39.2 Å². The zero-order valence-corrected chi connectivity index (χ0v) is 23.9. The van der Waals surface area contributed by atoms with Crippen LogP contribution in [-0.2, 0) is 15.7 Å². The number of nitrogens with zero attached hydrogens (tertiary/aromatic N) is 2. The minimum atomic E-state index is -4.68. The number of hydrogen-bond acceptors (Lipinski definition) is 5. The number of benzene rings is 1. The molecule has 1 aliphatic heterocycles. The SMILES string of the molecule is CCNC(=O)Nc1ccc(C(F)(F)F)cc1C(=O)NC1CCN(C2CCC(N(C)C(C)C)C[C@H]2CCOC)C1=O. The molecule has 0 bridgehead atoms. The van der Waals surface area contributed by atoms with E-state index in [4.69, 9.17) is 4.74 Å². The van der Waals surface area contributed by atoms with Crippen molar-refractivity contribution in [3.05, 3.63) is 29.3 Å². The smallest absolute Gasteiger partial charge is 0.385 e. The highest BCUT2D eigenvalue weighted by atomic mass is 19.4. The number of carbonyl (C=O) groups is 3. The first-order valence-electron chi connectivity index (χ1n) is 14.0. The number of ether oxygens (including phenoxy) is 1. The predicted molar refractivity (Wildman–Crippen MR) is 146 cm³/mol. The molecule has 2 aliphatic rings. The second-order valence-electron chi connectivity index (χ2n) is 10.9. The quantitative estimate of drug-likeness (QED) is 0.394. The molecule has 3 rings (SSSR count). The molecule has 3 unspecified atom stereocenters. The number of halogens is 3. The van der Waals surface area contributed by atoms with Gasteiger partial charge in [-0.3, -0.25) is 9.59 Å². The molecule has 1 aliphatic carbocycles. The molecule has 12 heteroatoms. The van der Waals surface area contributed by atoms with Crippen molar-refractivity contribution < 1.29 is 32.3 Å². The van der Waals surface area contributed by atoms with Gasteiger partial charge in [0, 0.05) is 44.9 Å². The molecule has 0 aromatic heterocycles. The number of alkyl halides is 3. The van der Waals surface area contributed by atoms with E-state index in [0.29, 0.717) is 44.3 Å². The number of rotatable bonds is 10. The molecule has 1 saturated carbocycles. The van der Waals surface area contributed by atoms with Crippen molar-refractivity contribution in [1.82, 2.24) is 20.4 Å². The summed E-state index contributed by atoms with van der Waals surface area (Å²) in [6, 6.07) is 1.84. The van der Waals surface area contributed by atoms with Crippen LogP contribution in [0.5, 0.6) is 0 Å². The second-order valence-corrected chi connectivity index (χ2v) is 10.9. The highest BCUT2D eigenvalue weighted by Gasteiger charge is 2.43. The van der Waals surface area contributed by atoms with Crippen molar-refractivity contribution in [2.45, 2.75) is 83.2 Å². The van der Waals surface area contributed by atoms with Crippen LogP contribution in [0.25, 0.3) is 0 Å². The third-order valence-corrected chi connectivity index (χ3v) is 8.12. The van der Waals surface area contributed by atoms with Gasteiger partial charge in [0.15, 0.2) is 0 Å². The van der Waals surface area contributed by atoms with Gasteiger partial charge in [0.1, 0.15) is 6.04 Å². The van der Waals surface area contributed by atoms with Crippen molar-refractivity contribution in [1.29, 1.82) is 0 Å². The van der Waals surface area contributed by atoms with Gasteiger partial charge in [-0.05, 0) is 84.0 Å². The Bertz CT molecular complexity index is 1050. The van der Waals surface area contributed by atoms with Gasteiger partial charge < -0.3 is 30.5 Å². The summed E-state index contributed by atoms with van der Waals surface area (Å²) in [4.78, 5) is 43.0. The number of likely N-dealkylation sites (tertiary alicyclic amines) is 1. The number of nitrogens with one attached hydrogen (secondary N) is 3. The molecule has 40 heavy (non-hydrogen) atoms. The summed E-state index contributed by atoms with van der Waals surface area (Å²) in [5, 5.41) is 7.55. The minimum absolute atomic E-state index is 0.00453. The van der Waals surface area contributed by atoms with Gasteiger partial charge in [0.25, 0.3) is 5.91 Å². The maximum atomic E-state index is 13.5. The Labute approximate surface area is 234 Å². The summed E-state index contributed by atoms with van der Waals surface area (Å²) in [5.74, 6) is -0.854. The summed E-state index contributed by atoms with van der Waals surface area (Å²) in [5.41, 5.74) is -1.46. The third-order valence-electron chi connectivity index (χ3n) is 8.12. The lowest BCUT2D eigenvalue weighted by molar-refractivity contribution is -0.137. The molecule has 0 spiro atoms. The van der Waals surface area contributed by atoms with Crippen LogP contribution in [0.15, 0.2) is 18.2 Å². The molecule has 1 heterocycles. The molecular weight excluding hydrogens is 527 g/mol. The molecule has 4 amide bonds. The largest absolute Gasteiger partial charge is 0.416 e. The Balaban J connectivity index is 1.76. The number of amides is 4. The van der Waals surface area contributed by atoms with E-state index in [1.54, 1.807) is 14.0 Å². The maximum absolute atomic E-state index is 13.5. The van der Waals surface area contributed by atoms with E-state index in [0.717, 1.165) is 37.8 Å². The van der Waals surface area contributed by atoms with Crippen LogP contribution >= 0.6 is 0 Å². The lowest BCUT2D eigenvalue weighted by Crippen LogP contribution is -2.52. The Morgan fingerprint density at radius 1 is 1.20 bits per heavy atom. The van der Waals surface area contributed by atoms with E-state index in [-0.39, 0.29) is 29.1 Å². The topological polar surface area (TPSA) is 103 Å². The molecule has 1 saturated heterocycles. The van der Waals surface area contributed by atoms with E-state index < -0.39 is 29.7 Å². The first kappa shape index (κ1) is 31.7. The number of methoxy groups -OCH3 is 1. The molecule has 4 atom stereocenters. The molecule has 224 valence electrons. The Kier molecular flexibility index (Phi) is 10.8. The average Bonchev–Trinajstić information content (AvgIpc) is 3.25. The normalized spacial score (nSPS) is 23.6. The lowest BCUT2D eigenvalue weighted by atomic mass is 9.78. The van der Waals surface area contributed by atoms with E-state index in [2.05, 4.69) is 41.7 Å². The average molecular weight is 570 g/mol. The number of anilines is 1. The third kappa shape index (κ3) is 7.66. The van der Waals surface area contributed by atoms with Gasteiger partial charge in [-0.2, -0.15) is 13.2 Å². The number of urea groups is 1. The highest BCUT2D eigenvalue weighted by molar-refractivity contribution is 6.05. The van der Waals surface area contributed by atoms with E-state index in [1.165, 1.54) is 0 Å². The highest BCUT2D eigenvalue weighted by Crippen LogP contribution is 2.36. The first-order valence-corrected chi connectivity index (χ1v) is 14.0. The van der Waals surface area contributed by atoms with E-state index in [9.17, 15) is 27.6 Å². The van der Waals surface area contributed by atoms with Crippen LogP contribution in [0.1, 0.15) is 68.8 Å². The Hall–Kier alpha value is -2.86. The van der Waals surface area contributed by atoms with Crippen molar-refractivity contribution in [3.63, 3.8) is 0 Å². The lowest BCUT2D eigenvalue weighted by Gasteiger charge is -2.44. The van der Waals surface area contributed by atoms with Crippen LogP contribution in [0.3, 0.4) is 0 Å². The molecule has 2 fully saturated rings. The molecule has 3 N–H and O–H groups in total. The van der Waals surface area contributed by atoms with Crippen LogP contribution in [0.4, 0.5) is 23.7 Å². The Morgan fingerprint density at radius 3 is 2.55 bits per heavy atom. The fourth-order valence-corrected chi connectivity index (χ4v) is 5.75. The zero-order valence-electron chi connectivity index (χ0n) is 23.9. The summed E-state index contributed by atoms with van der Waals surface area (Å²) in [6.45, 7) is 7.34. The molecule has 1 aromatic carbocycles. The van der Waals surface area contributed by atoms with Gasteiger partial charge in [-0.25, -0.2) is 4.79 Å². The Morgan fingerprint density at radius 2 is 1.93 bits per heavy atom. The molecule has 1 aromatic rings. The zero-order chi connectivity index (χ0) is 29.6. The fourth-order valence-electron chi connectivity index (χ4n) is 5.75. The van der Waals surface area contributed by atoms with E-state index in [1.807, 2.05) is 4.90 Å². The summed E-state index contributed by atoms with van der Waals surface area (Å²) < 4.78 is 45.6. The summed E-state index contributed by atoms with van der Waals surface area (Å²) >= 11 is 0. The number of carbonyl (C=O) groups excluding carboxylic acids is 3. The predicted octanol–water partition coefficient (Wildman–Crippen LogP) is 4.09. The van der Waals surface area contributed by atoms with Crippen LogP contribution in [-0.4, -0.2) is 85.7 Å². The molecule has 9 nitrogen and oxygen atoms in total. The monoisotopic (exact) mass is 569 g/mol. The molecular formula is C28H42F3N5O4. The summed E-state index contributed by atoms with van der Waals surface area (Å²) in [6.07, 6.45) is -0.810. The van der Waals surface area contributed by atoms with Gasteiger partial charge in [-0.15, -0.1) is 0 Å². The van der Waals surface area contributed by atoms with Gasteiger partial charge in [0.05, 0.1) is 16.8 Å². The van der Waals surface area contributed by atoms with Crippen molar-refractivity contribution in [2.24, 2.45) is 5.92 Å². The van der Waals surface area contributed by atoms with Crippen molar-refractivity contribution >= 4 is 23.5 Å². The minimum Gasteiger partial charge on any atom is -0.385 e. The van der Waals surface area contributed by atoms with Gasteiger partial charge in [0.2, 0.25) is 5.91 Å². The van der Waals surface area contributed by atoms with E-state index >= 15 is 0 Å². The standard InChI is InChI=1S/C28H42F3N5O4/c1-6-32-27(39)34-22-9-7-19(28(29,30)31)16-21(22)25(37)33-23-11-13-36(26(23)38)24-10-8-20(35(4)17(2)3)15-18(24)12-14-40-5/h7,9,16-18,20,23-24H,6,8,10-15H2,1-5H3,(H,33,37)(H2,32,34,39)/t18-,20?,23?,24?/m1/s1. The second kappa shape index (κ2) is 13.7. The summed E-state index contributed by atoms with van der Waals surface area (Å²) in [7, 11) is 3.78. The van der Waals surface area contributed by atoms with Crippen LogP contribution in [0, 0.1) is 5.92 Å². The van der Waals surface area contributed by atoms with Gasteiger partial charge in [-0.1, -0.05) is 0 Å². The fraction of sp³-hybridized carbons (Fsp3) is 0.679. The van der Waals surface area contributed by atoms with Crippen LogP contribution in [0.2, 0.25) is 0 Å². The maximum Gasteiger partial charge on any atom is 0.416 e.